The highest BCUT2D eigenvalue weighted by Crippen LogP contribution is 2.29. The number of nitrogens with zero attached hydrogens (tertiary/aromatic N) is 2. The molecule has 3 aromatic rings. The first-order valence-electron chi connectivity index (χ1n) is 6.16. The van der Waals surface area contributed by atoms with Crippen molar-refractivity contribution >= 4 is 44.5 Å². The van der Waals surface area contributed by atoms with Gasteiger partial charge in [0.05, 0.1) is 21.6 Å². The van der Waals surface area contributed by atoms with Gasteiger partial charge in [-0.1, -0.05) is 17.7 Å². The monoisotopic (exact) mass is 364 g/mol. The van der Waals surface area contributed by atoms with Gasteiger partial charge in [-0.2, -0.15) is 0 Å². The number of imidazole rings is 1. The van der Waals surface area contributed by atoms with Gasteiger partial charge < -0.3 is 5.11 Å². The van der Waals surface area contributed by atoms with E-state index in [1.165, 1.54) is 0 Å². The number of hydrogen-bond donors (Lipinski definition) is 1. The molecule has 0 spiro atoms. The number of halogens is 2. The van der Waals surface area contributed by atoms with Crippen molar-refractivity contribution in [2.24, 2.45) is 0 Å². The second-order valence-corrected chi connectivity index (χ2v) is 5.83. The van der Waals surface area contributed by atoms with Crippen molar-refractivity contribution < 1.29 is 9.90 Å². The molecule has 1 N–H and O–H groups in total. The van der Waals surface area contributed by atoms with Crippen molar-refractivity contribution in [1.29, 1.82) is 0 Å². The summed E-state index contributed by atoms with van der Waals surface area (Å²) in [7, 11) is 0. The fraction of sp³-hybridized carbons (Fsp3) is 0.0667. The van der Waals surface area contributed by atoms with Crippen LogP contribution >= 0.6 is 27.5 Å². The lowest BCUT2D eigenvalue weighted by atomic mass is 10.1. The van der Waals surface area contributed by atoms with Gasteiger partial charge >= 0.3 is 5.97 Å². The van der Waals surface area contributed by atoms with Gasteiger partial charge in [0, 0.05) is 10.2 Å². The van der Waals surface area contributed by atoms with Gasteiger partial charge in [0.25, 0.3) is 0 Å². The third kappa shape index (κ3) is 2.32. The summed E-state index contributed by atoms with van der Waals surface area (Å²) in [5, 5.41) is 9.99. The van der Waals surface area contributed by atoms with Crippen molar-refractivity contribution in [2.75, 3.05) is 0 Å². The molecule has 0 saturated carbocycles. The second kappa shape index (κ2) is 5.16. The molecule has 1 heterocycles. The highest BCUT2D eigenvalue weighted by molar-refractivity contribution is 9.10. The number of rotatable bonds is 2. The van der Waals surface area contributed by atoms with E-state index in [1.807, 2.05) is 23.6 Å². The van der Waals surface area contributed by atoms with Crippen LogP contribution < -0.4 is 0 Å². The van der Waals surface area contributed by atoms with Gasteiger partial charge in [0.1, 0.15) is 5.82 Å². The minimum atomic E-state index is -0.977. The van der Waals surface area contributed by atoms with Crippen LogP contribution in [0.5, 0.6) is 0 Å². The van der Waals surface area contributed by atoms with Gasteiger partial charge in [0.15, 0.2) is 0 Å². The van der Waals surface area contributed by atoms with Crippen LogP contribution in [-0.4, -0.2) is 20.6 Å². The Morgan fingerprint density at radius 2 is 2.10 bits per heavy atom. The number of para-hydroxylation sites is 1. The molecule has 4 nitrogen and oxygen atoms in total. The number of benzene rings is 2. The molecule has 0 unspecified atom stereocenters. The maximum absolute atomic E-state index is 11.5. The van der Waals surface area contributed by atoms with Gasteiger partial charge in [0.2, 0.25) is 0 Å². The Morgan fingerprint density at radius 3 is 2.76 bits per heavy atom. The molecular formula is C15H10BrClN2O2. The molecule has 2 aromatic carbocycles. The van der Waals surface area contributed by atoms with E-state index < -0.39 is 5.97 Å². The Morgan fingerprint density at radius 1 is 1.33 bits per heavy atom. The summed E-state index contributed by atoms with van der Waals surface area (Å²) >= 11 is 9.40. The molecule has 0 saturated heterocycles. The number of aromatic nitrogens is 2. The summed E-state index contributed by atoms with van der Waals surface area (Å²) in [6.45, 7) is 1.84. The summed E-state index contributed by atoms with van der Waals surface area (Å²) in [6.07, 6.45) is 0. The first-order chi connectivity index (χ1) is 9.99. The van der Waals surface area contributed by atoms with E-state index in [1.54, 1.807) is 24.3 Å². The smallest absolute Gasteiger partial charge is 0.337 e. The topological polar surface area (TPSA) is 55.1 Å². The Labute approximate surface area is 134 Å². The molecule has 106 valence electrons. The maximum Gasteiger partial charge on any atom is 0.337 e. The predicted octanol–water partition coefficient (Wildman–Crippen LogP) is 4.45. The SMILES string of the molecule is Cc1nc2cccc(C(=O)O)c2n1-c1ccc(Cl)c(Br)c1. The van der Waals surface area contributed by atoms with Gasteiger partial charge in [-0.25, -0.2) is 9.78 Å². The molecule has 0 aliphatic rings. The number of aromatic carboxylic acids is 1. The highest BCUT2D eigenvalue weighted by Gasteiger charge is 2.17. The largest absolute Gasteiger partial charge is 0.478 e. The predicted molar refractivity (Wildman–Crippen MR) is 85.5 cm³/mol. The molecule has 21 heavy (non-hydrogen) atoms. The van der Waals surface area contributed by atoms with E-state index in [0.717, 1.165) is 10.2 Å². The molecule has 6 heteroatoms. The molecule has 1 aromatic heterocycles. The van der Waals surface area contributed by atoms with Crippen LogP contribution in [0.4, 0.5) is 0 Å². The van der Waals surface area contributed by atoms with E-state index >= 15 is 0 Å². The summed E-state index contributed by atoms with van der Waals surface area (Å²) in [4.78, 5) is 15.9. The Hall–Kier alpha value is -1.85. The van der Waals surface area contributed by atoms with Crippen LogP contribution in [0.15, 0.2) is 40.9 Å². The number of hydrogen-bond acceptors (Lipinski definition) is 2. The molecule has 0 radical (unpaired) electrons. The van der Waals surface area contributed by atoms with E-state index in [0.29, 0.717) is 21.9 Å². The number of aryl methyl sites for hydroxylation is 1. The van der Waals surface area contributed by atoms with Gasteiger partial charge in [-0.3, -0.25) is 4.57 Å². The lowest BCUT2D eigenvalue weighted by Crippen LogP contribution is -2.03. The third-order valence-electron chi connectivity index (χ3n) is 3.24. The molecule has 0 aliphatic heterocycles. The maximum atomic E-state index is 11.5. The van der Waals surface area contributed by atoms with Crippen molar-refractivity contribution in [3.05, 3.63) is 57.3 Å². The first kappa shape index (κ1) is 14.1. The zero-order chi connectivity index (χ0) is 15.1. The minimum Gasteiger partial charge on any atom is -0.478 e. The molecule has 0 atom stereocenters. The number of carboxylic acid groups (broad SMARTS) is 1. The number of fused-ring (bicyclic) bond motifs is 1. The van der Waals surface area contributed by atoms with Crippen molar-refractivity contribution in [1.82, 2.24) is 9.55 Å². The fourth-order valence-corrected chi connectivity index (χ4v) is 2.84. The molecule has 0 aliphatic carbocycles. The molecule has 0 amide bonds. The highest BCUT2D eigenvalue weighted by atomic mass is 79.9. The standard InChI is InChI=1S/C15H10BrClN2O2/c1-8-18-13-4-2-3-10(15(20)21)14(13)19(8)9-5-6-12(17)11(16)7-9/h2-7H,1H3,(H,20,21). The lowest BCUT2D eigenvalue weighted by Gasteiger charge is -2.09. The Kier molecular flexibility index (Phi) is 3.47. The third-order valence-corrected chi connectivity index (χ3v) is 4.45. The number of carbonyl (C=O) groups is 1. The van der Waals surface area contributed by atoms with E-state index in [2.05, 4.69) is 20.9 Å². The van der Waals surface area contributed by atoms with Gasteiger partial charge in [-0.05, 0) is 53.2 Å². The summed E-state index contributed by atoms with van der Waals surface area (Å²) in [5.74, 6) is -0.261. The fourth-order valence-electron chi connectivity index (χ4n) is 2.36. The zero-order valence-corrected chi connectivity index (χ0v) is 13.3. The normalized spacial score (nSPS) is 11.0. The molecule has 0 fully saturated rings. The van der Waals surface area contributed by atoms with Crippen LogP contribution in [0.3, 0.4) is 0 Å². The van der Waals surface area contributed by atoms with E-state index in [4.69, 9.17) is 11.6 Å². The summed E-state index contributed by atoms with van der Waals surface area (Å²) < 4.78 is 2.57. The summed E-state index contributed by atoms with van der Waals surface area (Å²) in [5.41, 5.74) is 2.26. The van der Waals surface area contributed by atoms with Crippen molar-refractivity contribution in [3.8, 4) is 5.69 Å². The van der Waals surface area contributed by atoms with Crippen LogP contribution in [0.2, 0.25) is 5.02 Å². The van der Waals surface area contributed by atoms with Crippen LogP contribution in [0, 0.1) is 6.92 Å². The summed E-state index contributed by atoms with van der Waals surface area (Å²) in [6, 6.07) is 10.5. The van der Waals surface area contributed by atoms with Crippen LogP contribution in [0.25, 0.3) is 16.7 Å². The molecular weight excluding hydrogens is 356 g/mol. The van der Waals surface area contributed by atoms with Crippen LogP contribution in [-0.2, 0) is 0 Å². The minimum absolute atomic E-state index is 0.221. The number of carboxylic acids is 1. The Bertz CT molecular complexity index is 873. The average molecular weight is 366 g/mol. The second-order valence-electron chi connectivity index (χ2n) is 4.57. The lowest BCUT2D eigenvalue weighted by molar-refractivity contribution is 0.0698. The quantitative estimate of drug-likeness (QED) is 0.730. The first-order valence-corrected chi connectivity index (χ1v) is 7.33. The Balaban J connectivity index is 2.38. The van der Waals surface area contributed by atoms with Crippen molar-refractivity contribution in [3.63, 3.8) is 0 Å². The van der Waals surface area contributed by atoms with Crippen LogP contribution in [0.1, 0.15) is 16.2 Å². The van der Waals surface area contributed by atoms with Gasteiger partial charge in [-0.15, -0.1) is 0 Å². The van der Waals surface area contributed by atoms with E-state index in [9.17, 15) is 9.90 Å². The molecule has 3 rings (SSSR count). The van der Waals surface area contributed by atoms with Crippen molar-refractivity contribution in [2.45, 2.75) is 6.92 Å². The molecule has 0 bridgehead atoms. The average Bonchev–Trinajstić information content (AvgIpc) is 2.77. The zero-order valence-electron chi connectivity index (χ0n) is 11.0. The van der Waals surface area contributed by atoms with E-state index in [-0.39, 0.29) is 5.56 Å².